The molecule has 0 aliphatic carbocycles. The van der Waals surface area contributed by atoms with Gasteiger partial charge in [-0.3, -0.25) is 19.2 Å². The van der Waals surface area contributed by atoms with Crippen LogP contribution in [0.25, 0.3) is 0 Å². The number of hydrogen-bond donors (Lipinski definition) is 4. The first-order chi connectivity index (χ1) is 11.1. The predicted molar refractivity (Wildman–Crippen MR) is 90.2 cm³/mol. The number of hydrogen-bond acceptors (Lipinski definition) is 4. The Morgan fingerprint density at radius 3 is 0.792 bits per heavy atom. The van der Waals surface area contributed by atoms with E-state index in [1.807, 2.05) is 13.8 Å². The standard InChI is InChI=1S/2C5H10O2.2C3H6O2/c2*1-2-3-4-5(6)7;2*1-2-3(4)5/h2*2-4H2,1H3,(H,6,7);2*2H2,1H3,(H,4,5). The van der Waals surface area contributed by atoms with E-state index in [2.05, 4.69) is 0 Å². The number of unbranched alkanes of at least 4 members (excludes halogenated alkanes) is 2. The highest BCUT2D eigenvalue weighted by Crippen LogP contribution is 1.91. The van der Waals surface area contributed by atoms with Gasteiger partial charge in [0.05, 0.1) is 0 Å². The zero-order valence-corrected chi connectivity index (χ0v) is 15.1. The maximum atomic E-state index is 9.76. The van der Waals surface area contributed by atoms with E-state index in [0.717, 1.165) is 25.7 Å². The van der Waals surface area contributed by atoms with Gasteiger partial charge in [-0.05, 0) is 12.8 Å². The van der Waals surface area contributed by atoms with Gasteiger partial charge in [0.1, 0.15) is 0 Å². The molecule has 0 aromatic heterocycles. The van der Waals surface area contributed by atoms with Crippen molar-refractivity contribution in [2.75, 3.05) is 0 Å². The van der Waals surface area contributed by atoms with Gasteiger partial charge in [0.25, 0.3) is 0 Å². The Bertz CT molecular complexity index is 294. The van der Waals surface area contributed by atoms with E-state index in [9.17, 15) is 19.2 Å². The average Bonchev–Trinajstić information content (AvgIpc) is 2.52. The molecule has 0 aromatic rings. The van der Waals surface area contributed by atoms with Gasteiger partial charge in [-0.1, -0.05) is 40.5 Å². The fourth-order valence-electron chi connectivity index (χ4n) is 0.656. The summed E-state index contributed by atoms with van der Waals surface area (Å²) in [5, 5.41) is 31.5. The van der Waals surface area contributed by atoms with Crippen LogP contribution >= 0.6 is 0 Å². The third kappa shape index (κ3) is 72.6. The summed E-state index contributed by atoms with van der Waals surface area (Å²) < 4.78 is 0. The SMILES string of the molecule is CCC(=O)O.CCC(=O)O.CCCCC(=O)O.CCCCC(=O)O. The first-order valence-electron chi connectivity index (χ1n) is 7.95. The largest absolute Gasteiger partial charge is 0.481 e. The topological polar surface area (TPSA) is 149 Å². The van der Waals surface area contributed by atoms with Crippen molar-refractivity contribution >= 4 is 23.9 Å². The van der Waals surface area contributed by atoms with Crippen molar-refractivity contribution in [2.24, 2.45) is 0 Å². The van der Waals surface area contributed by atoms with Crippen LogP contribution in [0, 0.1) is 0 Å². The Balaban J connectivity index is -0.000000113. The van der Waals surface area contributed by atoms with Gasteiger partial charge in [-0.15, -0.1) is 0 Å². The second kappa shape index (κ2) is 25.8. The molecule has 0 atom stereocenters. The van der Waals surface area contributed by atoms with Crippen LogP contribution in [0.4, 0.5) is 0 Å². The van der Waals surface area contributed by atoms with E-state index in [0.29, 0.717) is 12.8 Å². The van der Waals surface area contributed by atoms with Crippen LogP contribution < -0.4 is 0 Å². The minimum atomic E-state index is -0.745. The molecule has 8 heteroatoms. The third-order valence-corrected chi connectivity index (χ3v) is 2.09. The smallest absolute Gasteiger partial charge is 0.303 e. The van der Waals surface area contributed by atoms with Crippen molar-refractivity contribution in [3.63, 3.8) is 0 Å². The van der Waals surface area contributed by atoms with E-state index in [4.69, 9.17) is 20.4 Å². The number of carboxylic acids is 4. The lowest BCUT2D eigenvalue weighted by Crippen LogP contribution is -1.91. The molecule has 0 spiro atoms. The van der Waals surface area contributed by atoms with Gasteiger partial charge in [0.15, 0.2) is 0 Å². The van der Waals surface area contributed by atoms with Gasteiger partial charge in [-0.25, -0.2) is 0 Å². The van der Waals surface area contributed by atoms with Crippen LogP contribution in [-0.4, -0.2) is 44.3 Å². The molecule has 0 saturated heterocycles. The summed E-state index contributed by atoms with van der Waals surface area (Å²) in [5.41, 5.74) is 0. The van der Waals surface area contributed by atoms with Crippen molar-refractivity contribution in [1.82, 2.24) is 0 Å². The summed E-state index contributed by atoms with van der Waals surface area (Å²) in [7, 11) is 0. The van der Waals surface area contributed by atoms with E-state index >= 15 is 0 Å². The summed E-state index contributed by atoms with van der Waals surface area (Å²) in [6.45, 7) is 7.15. The van der Waals surface area contributed by atoms with Gasteiger partial charge < -0.3 is 20.4 Å². The third-order valence-electron chi connectivity index (χ3n) is 2.09. The molecule has 0 fully saturated rings. The molecular weight excluding hydrogens is 320 g/mol. The molecule has 0 heterocycles. The molecule has 0 aromatic carbocycles. The zero-order valence-electron chi connectivity index (χ0n) is 15.1. The maximum Gasteiger partial charge on any atom is 0.303 e. The van der Waals surface area contributed by atoms with Crippen molar-refractivity contribution in [1.29, 1.82) is 0 Å². The molecule has 0 aliphatic rings. The lowest BCUT2D eigenvalue weighted by molar-refractivity contribution is -0.138. The highest BCUT2D eigenvalue weighted by Gasteiger charge is 1.91. The van der Waals surface area contributed by atoms with Crippen LogP contribution in [0.2, 0.25) is 0 Å². The molecule has 0 saturated carbocycles. The number of aliphatic carboxylic acids is 4. The fraction of sp³-hybridized carbons (Fsp3) is 0.750. The Labute approximate surface area is 143 Å². The van der Waals surface area contributed by atoms with Gasteiger partial charge >= 0.3 is 23.9 Å². The molecule has 0 amide bonds. The first-order valence-corrected chi connectivity index (χ1v) is 7.95. The van der Waals surface area contributed by atoms with Crippen molar-refractivity contribution in [3.05, 3.63) is 0 Å². The van der Waals surface area contributed by atoms with E-state index < -0.39 is 23.9 Å². The first kappa shape index (κ1) is 29.8. The van der Waals surface area contributed by atoms with Crippen molar-refractivity contribution in [3.8, 4) is 0 Å². The molecule has 4 N–H and O–H groups in total. The Morgan fingerprint density at radius 1 is 0.542 bits per heavy atom. The minimum absolute atomic E-state index is 0.222. The second-order valence-electron chi connectivity index (χ2n) is 4.49. The molecule has 0 radical (unpaired) electrons. The van der Waals surface area contributed by atoms with Gasteiger partial charge in [0, 0.05) is 25.7 Å². The van der Waals surface area contributed by atoms with Gasteiger partial charge in [0.2, 0.25) is 0 Å². The molecule has 0 rings (SSSR count). The predicted octanol–water partition coefficient (Wildman–Crippen LogP) is 3.48. The molecule has 0 bridgehead atoms. The van der Waals surface area contributed by atoms with Crippen molar-refractivity contribution in [2.45, 2.75) is 79.1 Å². The highest BCUT2D eigenvalue weighted by atomic mass is 16.4. The van der Waals surface area contributed by atoms with E-state index in [-0.39, 0.29) is 12.8 Å². The van der Waals surface area contributed by atoms with Crippen LogP contribution in [-0.2, 0) is 19.2 Å². The van der Waals surface area contributed by atoms with Crippen LogP contribution in [0.1, 0.15) is 79.1 Å². The van der Waals surface area contributed by atoms with Gasteiger partial charge in [-0.2, -0.15) is 0 Å². The van der Waals surface area contributed by atoms with Crippen LogP contribution in [0.5, 0.6) is 0 Å². The van der Waals surface area contributed by atoms with E-state index in [1.165, 1.54) is 0 Å². The number of rotatable bonds is 8. The highest BCUT2D eigenvalue weighted by molar-refractivity contribution is 5.67. The summed E-state index contributed by atoms with van der Waals surface area (Å²) in [6.07, 6.45) is 4.61. The lowest BCUT2D eigenvalue weighted by Gasteiger charge is -1.85. The molecule has 0 unspecified atom stereocenters. The molecule has 144 valence electrons. The number of carboxylic acid groups (broad SMARTS) is 4. The lowest BCUT2D eigenvalue weighted by atomic mass is 10.3. The molecule has 0 aliphatic heterocycles. The normalized spacial score (nSPS) is 8.17. The molecule has 24 heavy (non-hydrogen) atoms. The number of carbonyl (C=O) groups is 4. The molecular formula is C16H32O8. The fourth-order valence-corrected chi connectivity index (χ4v) is 0.656. The summed E-state index contributed by atoms with van der Waals surface area (Å²) in [5.74, 6) is -2.88. The summed E-state index contributed by atoms with van der Waals surface area (Å²) >= 11 is 0. The monoisotopic (exact) mass is 352 g/mol. The Kier molecular flexibility index (Phi) is 32.1. The summed E-state index contributed by atoms with van der Waals surface area (Å²) in [6, 6.07) is 0. The average molecular weight is 352 g/mol. The minimum Gasteiger partial charge on any atom is -0.481 e. The second-order valence-corrected chi connectivity index (χ2v) is 4.49. The van der Waals surface area contributed by atoms with Crippen LogP contribution in [0.3, 0.4) is 0 Å². The molecule has 8 nitrogen and oxygen atoms in total. The maximum absolute atomic E-state index is 9.76. The Morgan fingerprint density at radius 2 is 0.750 bits per heavy atom. The Hall–Kier alpha value is -2.12. The summed E-state index contributed by atoms with van der Waals surface area (Å²) in [4.78, 5) is 38.3. The quantitative estimate of drug-likeness (QED) is 0.518. The van der Waals surface area contributed by atoms with Crippen molar-refractivity contribution < 1.29 is 39.6 Å². The van der Waals surface area contributed by atoms with E-state index in [1.54, 1.807) is 13.8 Å². The van der Waals surface area contributed by atoms with Crippen LogP contribution in [0.15, 0.2) is 0 Å². The zero-order chi connectivity index (χ0) is 20.0.